The number of benzene rings is 2. The van der Waals surface area contributed by atoms with E-state index in [2.05, 4.69) is 5.32 Å². The summed E-state index contributed by atoms with van der Waals surface area (Å²) in [6.45, 7) is 8.78. The average molecular weight is 395 g/mol. The molecule has 0 fully saturated rings. The minimum absolute atomic E-state index is 0.174. The minimum Gasteiger partial charge on any atom is -0.493 e. The molecule has 1 aromatic heterocycles. The largest absolute Gasteiger partial charge is 0.493 e. The maximum Gasteiger partial charge on any atom is 0.244 e. The van der Waals surface area contributed by atoms with Crippen LogP contribution in [0.4, 0.5) is 4.39 Å². The average Bonchev–Trinajstić information content (AvgIpc) is 2.96. The molecule has 0 aliphatic heterocycles. The molecule has 4 nitrogen and oxygen atoms in total. The summed E-state index contributed by atoms with van der Waals surface area (Å²) in [4.78, 5) is 12.4. The summed E-state index contributed by atoms with van der Waals surface area (Å²) in [5.74, 6) is 1.13. The molecule has 3 rings (SSSR count). The zero-order chi connectivity index (χ0) is 21.0. The SMILES string of the molecule is CCOc1cc2oc(C)c(C)c2cc1/C(C)=C/C(=O)NCCc1ccc(F)cc1. The Morgan fingerprint density at radius 2 is 1.93 bits per heavy atom. The summed E-state index contributed by atoms with van der Waals surface area (Å²) in [6.07, 6.45) is 2.22. The first-order valence-electron chi connectivity index (χ1n) is 9.76. The molecule has 2 aromatic carbocycles. The second kappa shape index (κ2) is 8.95. The number of ether oxygens (including phenoxy) is 1. The number of carbonyl (C=O) groups excluding carboxylic acids is 1. The predicted molar refractivity (Wildman–Crippen MR) is 114 cm³/mol. The highest BCUT2D eigenvalue weighted by molar-refractivity contribution is 5.97. The van der Waals surface area contributed by atoms with Gasteiger partial charge in [-0.2, -0.15) is 0 Å². The fourth-order valence-electron chi connectivity index (χ4n) is 3.26. The number of amides is 1. The highest BCUT2D eigenvalue weighted by Crippen LogP contribution is 2.34. The molecule has 3 aromatic rings. The number of carbonyl (C=O) groups is 1. The molecule has 0 saturated heterocycles. The van der Waals surface area contributed by atoms with Crippen molar-refractivity contribution >= 4 is 22.4 Å². The van der Waals surface area contributed by atoms with Crippen LogP contribution in [0.3, 0.4) is 0 Å². The highest BCUT2D eigenvalue weighted by Gasteiger charge is 2.14. The van der Waals surface area contributed by atoms with Crippen molar-refractivity contribution in [1.29, 1.82) is 0 Å². The first-order valence-corrected chi connectivity index (χ1v) is 9.76. The van der Waals surface area contributed by atoms with Gasteiger partial charge in [-0.3, -0.25) is 4.79 Å². The molecule has 0 atom stereocenters. The summed E-state index contributed by atoms with van der Waals surface area (Å²) in [7, 11) is 0. The maximum absolute atomic E-state index is 13.0. The van der Waals surface area contributed by atoms with Gasteiger partial charge in [0, 0.05) is 29.6 Å². The summed E-state index contributed by atoms with van der Waals surface area (Å²) in [6, 6.07) is 10.2. The van der Waals surface area contributed by atoms with Crippen molar-refractivity contribution in [3.05, 3.63) is 70.7 Å². The maximum atomic E-state index is 13.0. The molecule has 0 spiro atoms. The van der Waals surface area contributed by atoms with Crippen molar-refractivity contribution in [2.75, 3.05) is 13.2 Å². The van der Waals surface area contributed by atoms with Gasteiger partial charge in [0.2, 0.25) is 5.91 Å². The van der Waals surface area contributed by atoms with Crippen LogP contribution >= 0.6 is 0 Å². The Hall–Kier alpha value is -3.08. The molecule has 0 aliphatic rings. The van der Waals surface area contributed by atoms with E-state index in [0.717, 1.165) is 39.0 Å². The molecule has 29 heavy (non-hydrogen) atoms. The van der Waals surface area contributed by atoms with Crippen molar-refractivity contribution < 1.29 is 18.3 Å². The van der Waals surface area contributed by atoms with E-state index < -0.39 is 0 Å². The van der Waals surface area contributed by atoms with Crippen LogP contribution in [0.5, 0.6) is 5.75 Å². The van der Waals surface area contributed by atoms with Crippen LogP contribution < -0.4 is 10.1 Å². The Bertz CT molecular complexity index is 1050. The standard InChI is InChI=1S/C24H26FNO3/c1-5-28-22-14-23-21(16(3)17(4)29-23)13-20(22)15(2)12-24(27)26-11-10-18-6-8-19(25)9-7-18/h6-9,12-14H,5,10-11H2,1-4H3,(H,26,27)/b15-12+. The fraction of sp³-hybridized carbons (Fsp3) is 0.292. The van der Waals surface area contributed by atoms with Gasteiger partial charge < -0.3 is 14.5 Å². The summed E-state index contributed by atoms with van der Waals surface area (Å²) < 4.78 is 24.5. The van der Waals surface area contributed by atoms with Gasteiger partial charge in [-0.25, -0.2) is 4.39 Å². The van der Waals surface area contributed by atoms with Crippen LogP contribution in [-0.2, 0) is 11.2 Å². The number of halogens is 1. The van der Waals surface area contributed by atoms with E-state index in [1.807, 2.05) is 39.8 Å². The summed E-state index contributed by atoms with van der Waals surface area (Å²) in [5.41, 5.74) is 4.52. The number of hydrogen-bond acceptors (Lipinski definition) is 3. The van der Waals surface area contributed by atoms with Crippen LogP contribution in [0.2, 0.25) is 0 Å². The number of hydrogen-bond donors (Lipinski definition) is 1. The molecular weight excluding hydrogens is 369 g/mol. The molecule has 0 saturated carbocycles. The third-order valence-electron chi connectivity index (χ3n) is 4.98. The van der Waals surface area contributed by atoms with Crippen molar-refractivity contribution in [1.82, 2.24) is 5.32 Å². The Kier molecular flexibility index (Phi) is 6.37. The number of rotatable bonds is 7. The zero-order valence-electron chi connectivity index (χ0n) is 17.3. The van der Waals surface area contributed by atoms with E-state index in [9.17, 15) is 9.18 Å². The first-order chi connectivity index (χ1) is 13.9. The second-order valence-electron chi connectivity index (χ2n) is 7.06. The van der Waals surface area contributed by atoms with E-state index in [-0.39, 0.29) is 11.7 Å². The smallest absolute Gasteiger partial charge is 0.244 e. The van der Waals surface area contributed by atoms with Gasteiger partial charge in [0.05, 0.1) is 6.61 Å². The highest BCUT2D eigenvalue weighted by atomic mass is 19.1. The van der Waals surface area contributed by atoms with Crippen molar-refractivity contribution in [3.63, 3.8) is 0 Å². The van der Waals surface area contributed by atoms with E-state index in [0.29, 0.717) is 25.3 Å². The van der Waals surface area contributed by atoms with E-state index in [1.165, 1.54) is 12.1 Å². The van der Waals surface area contributed by atoms with Gasteiger partial charge >= 0.3 is 0 Å². The Labute approximate surface area is 170 Å². The Balaban J connectivity index is 1.75. The van der Waals surface area contributed by atoms with Crippen LogP contribution in [0.25, 0.3) is 16.5 Å². The van der Waals surface area contributed by atoms with E-state index >= 15 is 0 Å². The van der Waals surface area contributed by atoms with E-state index in [1.54, 1.807) is 18.2 Å². The zero-order valence-corrected chi connectivity index (χ0v) is 17.3. The monoisotopic (exact) mass is 395 g/mol. The second-order valence-corrected chi connectivity index (χ2v) is 7.06. The number of nitrogens with one attached hydrogen (secondary N) is 1. The molecule has 1 amide bonds. The number of allylic oxidation sites excluding steroid dienone is 1. The lowest BCUT2D eigenvalue weighted by molar-refractivity contribution is -0.116. The van der Waals surface area contributed by atoms with Crippen molar-refractivity contribution in [3.8, 4) is 5.75 Å². The molecule has 0 unspecified atom stereocenters. The number of fused-ring (bicyclic) bond motifs is 1. The van der Waals surface area contributed by atoms with Crippen LogP contribution in [-0.4, -0.2) is 19.1 Å². The van der Waals surface area contributed by atoms with Gasteiger partial charge in [0.15, 0.2) is 0 Å². The predicted octanol–water partition coefficient (Wildman–Crippen LogP) is 5.35. The molecule has 0 bridgehead atoms. The number of furan rings is 1. The van der Waals surface area contributed by atoms with Crippen LogP contribution in [0.15, 0.2) is 46.9 Å². The topological polar surface area (TPSA) is 51.5 Å². The lowest BCUT2D eigenvalue weighted by atomic mass is 10.0. The molecule has 0 aliphatic carbocycles. The fourth-order valence-corrected chi connectivity index (χ4v) is 3.26. The Morgan fingerprint density at radius 1 is 1.21 bits per heavy atom. The normalized spacial score (nSPS) is 11.7. The molecule has 0 radical (unpaired) electrons. The molecule has 152 valence electrons. The van der Waals surface area contributed by atoms with Gasteiger partial charge in [0.1, 0.15) is 22.9 Å². The lowest BCUT2D eigenvalue weighted by Crippen LogP contribution is -2.23. The quantitative estimate of drug-likeness (QED) is 0.549. The molecular formula is C24H26FNO3. The molecule has 5 heteroatoms. The van der Waals surface area contributed by atoms with E-state index in [4.69, 9.17) is 9.15 Å². The van der Waals surface area contributed by atoms with Gasteiger partial charge in [0.25, 0.3) is 0 Å². The molecule has 1 N–H and O–H groups in total. The Morgan fingerprint density at radius 3 is 2.62 bits per heavy atom. The molecule has 1 heterocycles. The third-order valence-corrected chi connectivity index (χ3v) is 4.98. The lowest BCUT2D eigenvalue weighted by Gasteiger charge is -2.11. The van der Waals surface area contributed by atoms with Crippen LogP contribution in [0, 0.1) is 19.7 Å². The van der Waals surface area contributed by atoms with Crippen LogP contribution in [0.1, 0.15) is 36.3 Å². The van der Waals surface area contributed by atoms with Crippen molar-refractivity contribution in [2.24, 2.45) is 0 Å². The van der Waals surface area contributed by atoms with Crippen molar-refractivity contribution in [2.45, 2.75) is 34.1 Å². The minimum atomic E-state index is -0.263. The first kappa shape index (κ1) is 20.6. The van der Waals surface area contributed by atoms with Gasteiger partial charge in [-0.15, -0.1) is 0 Å². The third kappa shape index (κ3) is 4.86. The van der Waals surface area contributed by atoms with Gasteiger partial charge in [-0.05, 0) is 69.0 Å². The summed E-state index contributed by atoms with van der Waals surface area (Å²) >= 11 is 0. The number of aryl methyl sites for hydroxylation is 2. The summed E-state index contributed by atoms with van der Waals surface area (Å²) in [5, 5.41) is 3.90. The van der Waals surface area contributed by atoms with Gasteiger partial charge in [-0.1, -0.05) is 12.1 Å².